The first-order chi connectivity index (χ1) is 9.35. The van der Waals surface area contributed by atoms with Gasteiger partial charge >= 0.3 is 0 Å². The highest BCUT2D eigenvalue weighted by molar-refractivity contribution is 6.52. The summed E-state index contributed by atoms with van der Waals surface area (Å²) in [5.41, 5.74) is 0.538. The highest BCUT2D eigenvalue weighted by Crippen LogP contribution is 2.28. The Hall–Kier alpha value is -2.17. The zero-order valence-electron chi connectivity index (χ0n) is 11.9. The largest absolute Gasteiger partial charge is 0.350 e. The maximum absolute atomic E-state index is 12.0. The molecule has 5 nitrogen and oxygen atoms in total. The van der Waals surface area contributed by atoms with Crippen LogP contribution >= 0.6 is 0 Å². The number of anilines is 1. The van der Waals surface area contributed by atoms with E-state index < -0.39 is 11.7 Å². The first-order valence-corrected chi connectivity index (χ1v) is 6.62. The zero-order chi connectivity index (χ0) is 14.9. The minimum Gasteiger partial charge on any atom is -0.350 e. The Morgan fingerprint density at radius 1 is 1.25 bits per heavy atom. The monoisotopic (exact) mass is 274 g/mol. The maximum atomic E-state index is 12.0. The molecule has 1 aliphatic heterocycles. The van der Waals surface area contributed by atoms with Crippen molar-refractivity contribution in [3.05, 3.63) is 29.8 Å². The maximum Gasteiger partial charge on any atom is 0.299 e. The van der Waals surface area contributed by atoms with Gasteiger partial charge in [-0.05, 0) is 32.4 Å². The Bertz CT molecular complexity index is 578. The van der Waals surface area contributed by atoms with Gasteiger partial charge in [0.15, 0.2) is 0 Å². The Morgan fingerprint density at radius 2 is 1.90 bits per heavy atom. The van der Waals surface area contributed by atoms with E-state index in [1.807, 2.05) is 20.8 Å². The predicted octanol–water partition coefficient (Wildman–Crippen LogP) is 1.52. The summed E-state index contributed by atoms with van der Waals surface area (Å²) in [7, 11) is 0. The smallest absolute Gasteiger partial charge is 0.299 e. The molecule has 1 N–H and O–H groups in total. The number of para-hydroxylation sites is 1. The fourth-order valence-corrected chi connectivity index (χ4v) is 2.05. The van der Waals surface area contributed by atoms with Gasteiger partial charge in [0.05, 0.1) is 11.3 Å². The fraction of sp³-hybridized carbons (Fsp3) is 0.400. The molecule has 0 aliphatic carbocycles. The van der Waals surface area contributed by atoms with Gasteiger partial charge in [-0.2, -0.15) is 0 Å². The molecule has 0 atom stereocenters. The van der Waals surface area contributed by atoms with Gasteiger partial charge in [0.1, 0.15) is 6.54 Å². The number of hydrogen-bond acceptors (Lipinski definition) is 3. The number of nitrogens with zero attached hydrogens (tertiary/aromatic N) is 1. The van der Waals surface area contributed by atoms with Crippen LogP contribution in [0, 0.1) is 0 Å². The van der Waals surface area contributed by atoms with Crippen molar-refractivity contribution in [3.8, 4) is 0 Å². The van der Waals surface area contributed by atoms with Crippen molar-refractivity contribution in [1.82, 2.24) is 5.32 Å². The third-order valence-corrected chi connectivity index (χ3v) is 3.54. The van der Waals surface area contributed by atoms with Gasteiger partial charge in [0.25, 0.3) is 11.7 Å². The molecule has 0 radical (unpaired) electrons. The van der Waals surface area contributed by atoms with Gasteiger partial charge in [-0.25, -0.2) is 0 Å². The van der Waals surface area contributed by atoms with Crippen LogP contribution in [-0.4, -0.2) is 29.7 Å². The molecular weight excluding hydrogens is 256 g/mol. The van der Waals surface area contributed by atoms with E-state index >= 15 is 0 Å². The van der Waals surface area contributed by atoms with Crippen LogP contribution in [-0.2, 0) is 9.59 Å². The van der Waals surface area contributed by atoms with Crippen LogP contribution in [0.1, 0.15) is 37.6 Å². The summed E-state index contributed by atoms with van der Waals surface area (Å²) in [4.78, 5) is 37.0. The molecule has 2 rings (SSSR count). The quantitative estimate of drug-likeness (QED) is 0.846. The van der Waals surface area contributed by atoms with E-state index in [0.717, 1.165) is 6.42 Å². The van der Waals surface area contributed by atoms with Crippen molar-refractivity contribution >= 4 is 23.3 Å². The van der Waals surface area contributed by atoms with Crippen LogP contribution < -0.4 is 10.2 Å². The second-order valence-electron chi connectivity index (χ2n) is 5.52. The summed E-state index contributed by atoms with van der Waals surface area (Å²) < 4.78 is 0. The Labute approximate surface area is 118 Å². The average Bonchev–Trinajstić information content (AvgIpc) is 2.64. The standard InChI is InChI=1S/C15H18N2O3/c1-4-15(2,3)16-12(18)9-17-11-8-6-5-7-10(11)13(19)14(17)20/h5-8H,4,9H2,1-3H3,(H,16,18). The van der Waals surface area contributed by atoms with Gasteiger partial charge < -0.3 is 5.32 Å². The Balaban J connectivity index is 2.17. The summed E-state index contributed by atoms with van der Waals surface area (Å²) >= 11 is 0. The van der Waals surface area contributed by atoms with Gasteiger partial charge in [-0.1, -0.05) is 19.1 Å². The molecule has 0 saturated heterocycles. The third kappa shape index (κ3) is 2.57. The first kappa shape index (κ1) is 14.2. The second-order valence-corrected chi connectivity index (χ2v) is 5.52. The number of hydrogen-bond donors (Lipinski definition) is 1. The van der Waals surface area contributed by atoms with E-state index in [4.69, 9.17) is 0 Å². The number of ketones is 1. The van der Waals surface area contributed by atoms with E-state index in [0.29, 0.717) is 11.3 Å². The average molecular weight is 274 g/mol. The van der Waals surface area contributed by atoms with Crippen molar-refractivity contribution in [2.24, 2.45) is 0 Å². The van der Waals surface area contributed by atoms with Crippen molar-refractivity contribution in [2.75, 3.05) is 11.4 Å². The number of amides is 2. The fourth-order valence-electron chi connectivity index (χ4n) is 2.05. The van der Waals surface area contributed by atoms with Crippen LogP contribution in [0.3, 0.4) is 0 Å². The third-order valence-electron chi connectivity index (χ3n) is 3.54. The lowest BCUT2D eigenvalue weighted by Gasteiger charge is -2.26. The normalized spacial score (nSPS) is 14.4. The lowest BCUT2D eigenvalue weighted by molar-refractivity contribution is -0.123. The van der Waals surface area contributed by atoms with Crippen molar-refractivity contribution in [2.45, 2.75) is 32.7 Å². The van der Waals surface area contributed by atoms with Crippen LogP contribution in [0.4, 0.5) is 5.69 Å². The van der Waals surface area contributed by atoms with Crippen LogP contribution in [0.15, 0.2) is 24.3 Å². The Morgan fingerprint density at radius 3 is 2.55 bits per heavy atom. The summed E-state index contributed by atoms with van der Waals surface area (Å²) in [6.45, 7) is 5.66. The molecule has 1 aliphatic rings. The van der Waals surface area contributed by atoms with Gasteiger partial charge in [0.2, 0.25) is 5.91 Å². The molecule has 106 valence electrons. The second kappa shape index (κ2) is 5.07. The molecule has 0 fully saturated rings. The van der Waals surface area contributed by atoms with Crippen LogP contribution in [0.2, 0.25) is 0 Å². The number of rotatable bonds is 4. The summed E-state index contributed by atoms with van der Waals surface area (Å²) in [6, 6.07) is 6.72. The molecule has 5 heteroatoms. The highest BCUT2D eigenvalue weighted by atomic mass is 16.2. The first-order valence-electron chi connectivity index (χ1n) is 6.62. The van der Waals surface area contributed by atoms with E-state index in [1.165, 1.54) is 4.90 Å². The molecule has 0 unspecified atom stereocenters. The number of Topliss-reactive ketones (excluding diaryl/α,β-unsaturated/α-hetero) is 1. The van der Waals surface area contributed by atoms with Gasteiger partial charge in [-0.3, -0.25) is 19.3 Å². The Kier molecular flexibility index (Phi) is 3.61. The molecule has 2 amide bonds. The minimum atomic E-state index is -0.643. The van der Waals surface area contributed by atoms with E-state index in [1.54, 1.807) is 24.3 Å². The van der Waals surface area contributed by atoms with Gasteiger partial charge in [0, 0.05) is 5.54 Å². The molecular formula is C15H18N2O3. The van der Waals surface area contributed by atoms with Crippen LogP contribution in [0.5, 0.6) is 0 Å². The molecule has 1 heterocycles. The van der Waals surface area contributed by atoms with E-state index in [9.17, 15) is 14.4 Å². The SMILES string of the molecule is CCC(C)(C)NC(=O)CN1C(=O)C(=O)c2ccccc21. The molecule has 0 spiro atoms. The zero-order valence-corrected chi connectivity index (χ0v) is 11.9. The lowest BCUT2D eigenvalue weighted by Crippen LogP contribution is -2.48. The highest BCUT2D eigenvalue weighted by Gasteiger charge is 2.36. The van der Waals surface area contributed by atoms with Crippen molar-refractivity contribution < 1.29 is 14.4 Å². The molecule has 1 aromatic rings. The minimum absolute atomic E-state index is 0.134. The van der Waals surface area contributed by atoms with Crippen LogP contribution in [0.25, 0.3) is 0 Å². The van der Waals surface area contributed by atoms with E-state index in [-0.39, 0.29) is 18.0 Å². The molecule has 0 aromatic heterocycles. The molecule has 20 heavy (non-hydrogen) atoms. The number of benzene rings is 1. The summed E-state index contributed by atoms with van der Waals surface area (Å²) in [5, 5.41) is 2.85. The number of carbonyl (C=O) groups excluding carboxylic acids is 3. The molecule has 1 aromatic carbocycles. The topological polar surface area (TPSA) is 66.5 Å². The molecule has 0 saturated carbocycles. The lowest BCUT2D eigenvalue weighted by atomic mass is 10.0. The number of fused-ring (bicyclic) bond motifs is 1. The van der Waals surface area contributed by atoms with Crippen molar-refractivity contribution in [1.29, 1.82) is 0 Å². The van der Waals surface area contributed by atoms with E-state index in [2.05, 4.69) is 5.32 Å². The van der Waals surface area contributed by atoms with Gasteiger partial charge in [-0.15, -0.1) is 0 Å². The number of carbonyl (C=O) groups is 3. The number of nitrogens with one attached hydrogen (secondary N) is 1. The molecule has 0 bridgehead atoms. The predicted molar refractivity (Wildman–Crippen MR) is 75.6 cm³/mol. The summed E-state index contributed by atoms with van der Waals surface area (Å²) in [5.74, 6) is -1.46. The van der Waals surface area contributed by atoms with Crippen molar-refractivity contribution in [3.63, 3.8) is 0 Å². The summed E-state index contributed by atoms with van der Waals surface area (Å²) in [6.07, 6.45) is 0.780.